The minimum Gasteiger partial charge on any atom is -0.369 e. The number of carbonyl (C=O) groups excluding carboxylic acids is 1. The number of carbonyl (C=O) groups is 1. The van der Waals surface area contributed by atoms with Crippen molar-refractivity contribution in [2.45, 2.75) is 39.0 Å². The Morgan fingerprint density at radius 3 is 2.85 bits per heavy atom. The second-order valence-electron chi connectivity index (χ2n) is 7.33. The van der Waals surface area contributed by atoms with E-state index in [1.807, 2.05) is 18.2 Å². The van der Waals surface area contributed by atoms with Crippen molar-refractivity contribution in [3.05, 3.63) is 41.3 Å². The molecular formula is C21H26N4O. The minimum atomic E-state index is 0.103. The Morgan fingerprint density at radius 2 is 2.04 bits per heavy atom. The highest BCUT2D eigenvalue weighted by Crippen LogP contribution is 2.39. The molecule has 0 saturated carbocycles. The van der Waals surface area contributed by atoms with E-state index in [1.54, 1.807) is 13.3 Å². The molecule has 1 aromatic heterocycles. The number of likely N-dealkylation sites (tertiary alicyclic amines) is 1. The van der Waals surface area contributed by atoms with Gasteiger partial charge in [0.25, 0.3) is 0 Å². The molecular weight excluding hydrogens is 324 g/mol. The van der Waals surface area contributed by atoms with Crippen LogP contribution < -0.4 is 5.32 Å². The highest BCUT2D eigenvalue weighted by atomic mass is 16.1. The lowest BCUT2D eigenvalue weighted by molar-refractivity contribution is 0.101. The number of benzene rings is 1. The third kappa shape index (κ3) is 3.49. The van der Waals surface area contributed by atoms with Crippen molar-refractivity contribution in [3.63, 3.8) is 0 Å². The molecule has 0 unspecified atom stereocenters. The average Bonchev–Trinajstić information content (AvgIpc) is 3.04. The SMILES string of the molecule is CC(=O)c1ccc2c(c1)Cc1ncnc(NCCCN3CCCCC3)c1-2. The molecule has 1 aliphatic carbocycles. The molecule has 0 bridgehead atoms. The summed E-state index contributed by atoms with van der Waals surface area (Å²) in [6.07, 6.45) is 7.60. The molecule has 0 spiro atoms. The van der Waals surface area contributed by atoms with Gasteiger partial charge in [0.15, 0.2) is 5.78 Å². The molecule has 5 nitrogen and oxygen atoms in total. The van der Waals surface area contributed by atoms with Gasteiger partial charge in [-0.25, -0.2) is 9.97 Å². The van der Waals surface area contributed by atoms with Crippen LogP contribution in [0.15, 0.2) is 24.5 Å². The van der Waals surface area contributed by atoms with Crippen molar-refractivity contribution < 1.29 is 4.79 Å². The smallest absolute Gasteiger partial charge is 0.159 e. The summed E-state index contributed by atoms with van der Waals surface area (Å²) in [6.45, 7) is 6.17. The number of hydrogen-bond acceptors (Lipinski definition) is 5. The van der Waals surface area contributed by atoms with Crippen LogP contribution >= 0.6 is 0 Å². The molecule has 0 atom stereocenters. The molecule has 2 aliphatic rings. The van der Waals surface area contributed by atoms with E-state index in [0.717, 1.165) is 54.1 Å². The Balaban J connectivity index is 1.44. The molecule has 5 heteroatoms. The van der Waals surface area contributed by atoms with Gasteiger partial charge in [0.05, 0.1) is 5.69 Å². The van der Waals surface area contributed by atoms with Crippen molar-refractivity contribution in [1.82, 2.24) is 14.9 Å². The van der Waals surface area contributed by atoms with Gasteiger partial charge in [0.1, 0.15) is 12.1 Å². The van der Waals surface area contributed by atoms with Gasteiger partial charge in [-0.05, 0) is 63.0 Å². The van der Waals surface area contributed by atoms with Crippen LogP contribution in [0.5, 0.6) is 0 Å². The average molecular weight is 350 g/mol. The van der Waals surface area contributed by atoms with E-state index in [-0.39, 0.29) is 5.78 Å². The van der Waals surface area contributed by atoms with Gasteiger partial charge in [-0.15, -0.1) is 0 Å². The van der Waals surface area contributed by atoms with Gasteiger partial charge in [0, 0.05) is 24.1 Å². The standard InChI is InChI=1S/C21H26N4O/c1-15(26)16-6-7-18-17(12-16)13-19-20(18)21(24-14-23-19)22-8-5-11-25-9-3-2-4-10-25/h6-7,12,14H,2-5,8-11,13H2,1H3,(H,22,23,24). The first kappa shape index (κ1) is 17.2. The number of anilines is 1. The van der Waals surface area contributed by atoms with E-state index in [1.165, 1.54) is 37.9 Å². The summed E-state index contributed by atoms with van der Waals surface area (Å²) in [4.78, 5) is 23.2. The third-order valence-electron chi connectivity index (χ3n) is 5.46. The summed E-state index contributed by atoms with van der Waals surface area (Å²) in [7, 11) is 0. The Labute approximate surface area is 154 Å². The molecule has 136 valence electrons. The second kappa shape index (κ2) is 7.54. The summed E-state index contributed by atoms with van der Waals surface area (Å²) in [6, 6.07) is 5.95. The van der Waals surface area contributed by atoms with Crippen LogP contribution in [0, 0.1) is 0 Å². The molecule has 1 fully saturated rings. The molecule has 2 heterocycles. The second-order valence-corrected chi connectivity index (χ2v) is 7.33. The first-order valence-electron chi connectivity index (χ1n) is 9.67. The highest BCUT2D eigenvalue weighted by molar-refractivity contribution is 5.96. The van der Waals surface area contributed by atoms with E-state index in [2.05, 4.69) is 20.2 Å². The normalized spacial score (nSPS) is 16.2. The molecule has 0 radical (unpaired) electrons. The van der Waals surface area contributed by atoms with Crippen LogP contribution in [0.2, 0.25) is 0 Å². The third-order valence-corrected chi connectivity index (χ3v) is 5.46. The number of ketones is 1. The lowest BCUT2D eigenvalue weighted by Gasteiger charge is -2.26. The Kier molecular flexibility index (Phi) is 4.98. The van der Waals surface area contributed by atoms with E-state index in [9.17, 15) is 4.79 Å². The van der Waals surface area contributed by atoms with Crippen molar-refractivity contribution in [3.8, 4) is 11.1 Å². The number of piperidine rings is 1. The Hall–Kier alpha value is -2.27. The Bertz CT molecular complexity index is 812. The van der Waals surface area contributed by atoms with E-state index in [0.29, 0.717) is 0 Å². The molecule has 0 amide bonds. The summed E-state index contributed by atoms with van der Waals surface area (Å²) < 4.78 is 0. The van der Waals surface area contributed by atoms with Crippen molar-refractivity contribution >= 4 is 11.6 Å². The number of aromatic nitrogens is 2. The monoisotopic (exact) mass is 350 g/mol. The van der Waals surface area contributed by atoms with Gasteiger partial charge >= 0.3 is 0 Å². The highest BCUT2D eigenvalue weighted by Gasteiger charge is 2.24. The lowest BCUT2D eigenvalue weighted by atomic mass is 10.0. The molecule has 26 heavy (non-hydrogen) atoms. The molecule has 1 aliphatic heterocycles. The number of fused-ring (bicyclic) bond motifs is 3. The van der Waals surface area contributed by atoms with Crippen molar-refractivity contribution in [2.24, 2.45) is 0 Å². The topological polar surface area (TPSA) is 58.1 Å². The summed E-state index contributed by atoms with van der Waals surface area (Å²) in [5.41, 5.74) is 5.25. The molecule has 1 N–H and O–H groups in total. The van der Waals surface area contributed by atoms with Gasteiger partial charge in [-0.2, -0.15) is 0 Å². The molecule has 1 saturated heterocycles. The van der Waals surface area contributed by atoms with Crippen molar-refractivity contribution in [1.29, 1.82) is 0 Å². The maximum Gasteiger partial charge on any atom is 0.159 e. The summed E-state index contributed by atoms with van der Waals surface area (Å²) in [5, 5.41) is 3.52. The van der Waals surface area contributed by atoms with Gasteiger partial charge in [-0.3, -0.25) is 4.79 Å². The fraction of sp³-hybridized carbons (Fsp3) is 0.476. The fourth-order valence-corrected chi connectivity index (χ4v) is 4.05. The fourth-order valence-electron chi connectivity index (χ4n) is 4.05. The van der Waals surface area contributed by atoms with E-state index >= 15 is 0 Å². The largest absolute Gasteiger partial charge is 0.369 e. The molecule has 1 aromatic carbocycles. The van der Waals surface area contributed by atoms with Crippen LogP contribution in [-0.4, -0.2) is 46.8 Å². The molecule has 2 aromatic rings. The number of hydrogen-bond donors (Lipinski definition) is 1. The number of rotatable bonds is 6. The summed E-state index contributed by atoms with van der Waals surface area (Å²) >= 11 is 0. The van der Waals surface area contributed by atoms with Crippen LogP contribution in [0.3, 0.4) is 0 Å². The number of Topliss-reactive ketones (excluding diaryl/α,β-unsaturated/α-hetero) is 1. The maximum atomic E-state index is 11.6. The van der Waals surface area contributed by atoms with Crippen LogP contribution in [-0.2, 0) is 6.42 Å². The quantitative estimate of drug-likeness (QED) is 0.544. The van der Waals surface area contributed by atoms with E-state index < -0.39 is 0 Å². The van der Waals surface area contributed by atoms with Gasteiger partial charge < -0.3 is 10.2 Å². The van der Waals surface area contributed by atoms with E-state index in [4.69, 9.17) is 0 Å². The predicted octanol–water partition coefficient (Wildman–Crippen LogP) is 3.54. The zero-order valence-corrected chi connectivity index (χ0v) is 15.4. The maximum absolute atomic E-state index is 11.6. The van der Waals surface area contributed by atoms with Crippen molar-refractivity contribution in [2.75, 3.05) is 31.5 Å². The predicted molar refractivity (Wildman–Crippen MR) is 104 cm³/mol. The number of nitrogens with zero attached hydrogens (tertiary/aromatic N) is 3. The minimum absolute atomic E-state index is 0.103. The first-order valence-corrected chi connectivity index (χ1v) is 9.67. The zero-order chi connectivity index (χ0) is 17.9. The lowest BCUT2D eigenvalue weighted by Crippen LogP contribution is -2.31. The van der Waals surface area contributed by atoms with Gasteiger partial charge in [0.2, 0.25) is 0 Å². The van der Waals surface area contributed by atoms with Crippen LogP contribution in [0.1, 0.15) is 54.2 Å². The summed E-state index contributed by atoms with van der Waals surface area (Å²) in [5.74, 6) is 1.02. The molecule has 4 rings (SSSR count). The van der Waals surface area contributed by atoms with Crippen LogP contribution in [0.25, 0.3) is 11.1 Å². The number of nitrogens with one attached hydrogen (secondary N) is 1. The van der Waals surface area contributed by atoms with Crippen LogP contribution in [0.4, 0.5) is 5.82 Å². The van der Waals surface area contributed by atoms with Gasteiger partial charge in [-0.1, -0.05) is 18.6 Å². The zero-order valence-electron chi connectivity index (χ0n) is 15.4. The Morgan fingerprint density at radius 1 is 1.19 bits per heavy atom. The first-order chi connectivity index (χ1) is 12.7.